The second-order valence-electron chi connectivity index (χ2n) is 6.90. The standard InChI is InChI=1S/C21H20ClFN2O2S/c1-24-12-15-13-25(28(26,27)16-9-10-20(23)19(22)11-16)21-17-7-3-2-5-14(17)6-4-8-18(15)21/h2-3,5,7,9-11,13,24H,4,6,8,12H2,1H3. The third-order valence-corrected chi connectivity index (χ3v) is 7.07. The van der Waals surface area contributed by atoms with Crippen LogP contribution in [0, 0.1) is 5.82 Å². The lowest BCUT2D eigenvalue weighted by molar-refractivity contribution is 0.586. The number of fused-ring (bicyclic) bond motifs is 3. The van der Waals surface area contributed by atoms with Gasteiger partial charge in [0.05, 0.1) is 15.6 Å². The number of aryl methyl sites for hydroxylation is 1. The van der Waals surface area contributed by atoms with E-state index in [1.165, 1.54) is 16.1 Å². The van der Waals surface area contributed by atoms with Crippen molar-refractivity contribution in [3.05, 3.63) is 76.2 Å². The minimum absolute atomic E-state index is 0.0329. The number of benzene rings is 2. The maximum atomic E-state index is 13.6. The molecule has 0 aliphatic heterocycles. The van der Waals surface area contributed by atoms with Crippen LogP contribution in [0.25, 0.3) is 11.3 Å². The molecule has 28 heavy (non-hydrogen) atoms. The fraction of sp³-hybridized carbons (Fsp3) is 0.238. The second-order valence-corrected chi connectivity index (χ2v) is 9.12. The van der Waals surface area contributed by atoms with Gasteiger partial charge in [0, 0.05) is 18.3 Å². The van der Waals surface area contributed by atoms with Crippen LogP contribution >= 0.6 is 11.6 Å². The maximum absolute atomic E-state index is 13.6. The van der Waals surface area contributed by atoms with E-state index >= 15 is 0 Å². The minimum atomic E-state index is -3.94. The number of nitrogens with one attached hydrogen (secondary N) is 1. The first kappa shape index (κ1) is 19.2. The Hall–Kier alpha value is -2.15. The van der Waals surface area contributed by atoms with Crippen molar-refractivity contribution < 1.29 is 12.8 Å². The smallest absolute Gasteiger partial charge is 0.268 e. The average Bonchev–Trinajstić information content (AvgIpc) is 2.92. The summed E-state index contributed by atoms with van der Waals surface area (Å²) in [5.41, 5.74) is 4.74. The van der Waals surface area contributed by atoms with Crippen LogP contribution in [0.5, 0.6) is 0 Å². The van der Waals surface area contributed by atoms with E-state index in [1.807, 2.05) is 31.3 Å². The van der Waals surface area contributed by atoms with Crippen molar-refractivity contribution in [1.29, 1.82) is 0 Å². The molecule has 146 valence electrons. The fourth-order valence-electron chi connectivity index (χ4n) is 3.84. The van der Waals surface area contributed by atoms with E-state index in [2.05, 4.69) is 5.32 Å². The average molecular weight is 419 g/mol. The van der Waals surface area contributed by atoms with E-state index in [1.54, 1.807) is 6.20 Å². The zero-order valence-corrected chi connectivity index (χ0v) is 16.9. The highest BCUT2D eigenvalue weighted by molar-refractivity contribution is 7.90. The van der Waals surface area contributed by atoms with E-state index in [-0.39, 0.29) is 9.92 Å². The summed E-state index contributed by atoms with van der Waals surface area (Å²) >= 11 is 5.85. The molecule has 1 aliphatic carbocycles. The van der Waals surface area contributed by atoms with Crippen molar-refractivity contribution in [3.63, 3.8) is 0 Å². The molecule has 0 unspecified atom stereocenters. The summed E-state index contributed by atoms with van der Waals surface area (Å²) in [6, 6.07) is 11.4. The first-order valence-corrected chi connectivity index (χ1v) is 10.9. The number of rotatable bonds is 4. The van der Waals surface area contributed by atoms with Gasteiger partial charge in [0.15, 0.2) is 0 Å². The minimum Gasteiger partial charge on any atom is -0.316 e. The molecule has 1 N–H and O–H groups in total. The summed E-state index contributed by atoms with van der Waals surface area (Å²) in [5, 5.41) is 2.91. The second kappa shape index (κ2) is 7.35. The molecule has 0 amide bonds. The maximum Gasteiger partial charge on any atom is 0.268 e. The highest BCUT2D eigenvalue weighted by Crippen LogP contribution is 2.38. The molecule has 4 nitrogen and oxygen atoms in total. The van der Waals surface area contributed by atoms with Crippen LogP contribution in [0.2, 0.25) is 5.02 Å². The van der Waals surface area contributed by atoms with E-state index in [9.17, 15) is 12.8 Å². The van der Waals surface area contributed by atoms with E-state index in [0.29, 0.717) is 12.2 Å². The Morgan fingerprint density at radius 2 is 1.96 bits per heavy atom. The van der Waals surface area contributed by atoms with Crippen LogP contribution < -0.4 is 5.32 Å². The van der Waals surface area contributed by atoms with Gasteiger partial charge in [-0.05, 0) is 61.2 Å². The Kier molecular flexibility index (Phi) is 5.04. The van der Waals surface area contributed by atoms with Crippen LogP contribution in [0.15, 0.2) is 53.6 Å². The quantitative estimate of drug-likeness (QED) is 0.683. The predicted octanol–water partition coefficient (Wildman–Crippen LogP) is 4.39. The predicted molar refractivity (Wildman–Crippen MR) is 109 cm³/mol. The van der Waals surface area contributed by atoms with Gasteiger partial charge in [-0.3, -0.25) is 0 Å². The molecule has 0 saturated heterocycles. The highest BCUT2D eigenvalue weighted by atomic mass is 35.5. The number of hydrogen-bond donors (Lipinski definition) is 1. The number of hydrogen-bond acceptors (Lipinski definition) is 3. The van der Waals surface area contributed by atoms with Gasteiger partial charge in [-0.1, -0.05) is 35.9 Å². The Balaban J connectivity index is 2.00. The molecule has 0 saturated carbocycles. The molecule has 2 aromatic carbocycles. The third kappa shape index (κ3) is 3.15. The molecule has 0 spiro atoms. The van der Waals surface area contributed by atoms with Gasteiger partial charge >= 0.3 is 0 Å². The Morgan fingerprint density at radius 3 is 2.71 bits per heavy atom. The molecule has 1 aromatic heterocycles. The SMILES string of the molecule is CNCc1cn(S(=O)(=O)c2ccc(F)c(Cl)c2)c2c1CCCc1ccccc1-2. The van der Waals surface area contributed by atoms with Gasteiger partial charge in [0.1, 0.15) is 5.82 Å². The van der Waals surface area contributed by atoms with Gasteiger partial charge in [-0.15, -0.1) is 0 Å². The van der Waals surface area contributed by atoms with Gasteiger partial charge in [-0.2, -0.15) is 0 Å². The molecule has 3 aromatic rings. The van der Waals surface area contributed by atoms with Gasteiger partial charge < -0.3 is 5.32 Å². The monoisotopic (exact) mass is 418 g/mol. The normalized spacial score (nSPS) is 13.7. The van der Waals surface area contributed by atoms with Gasteiger partial charge in [0.2, 0.25) is 0 Å². The van der Waals surface area contributed by atoms with Crippen LogP contribution in [-0.2, 0) is 29.4 Å². The number of halogens is 2. The van der Waals surface area contributed by atoms with Crippen molar-refractivity contribution in [1.82, 2.24) is 9.29 Å². The zero-order valence-electron chi connectivity index (χ0n) is 15.4. The molecule has 1 heterocycles. The zero-order chi connectivity index (χ0) is 19.9. The van der Waals surface area contributed by atoms with Crippen LogP contribution in [0.4, 0.5) is 4.39 Å². The molecule has 0 bridgehead atoms. The molecule has 1 aliphatic rings. The van der Waals surface area contributed by atoms with Crippen LogP contribution in [0.3, 0.4) is 0 Å². The van der Waals surface area contributed by atoms with Crippen LogP contribution in [0.1, 0.15) is 23.1 Å². The first-order chi connectivity index (χ1) is 13.4. The highest BCUT2D eigenvalue weighted by Gasteiger charge is 2.28. The molecule has 0 fully saturated rings. The lowest BCUT2D eigenvalue weighted by Gasteiger charge is -2.14. The summed E-state index contributed by atoms with van der Waals surface area (Å²) in [5.74, 6) is -0.645. The molecule has 7 heteroatoms. The number of nitrogens with zero attached hydrogens (tertiary/aromatic N) is 1. The summed E-state index contributed by atoms with van der Waals surface area (Å²) in [7, 11) is -2.10. The number of aromatic nitrogens is 1. The third-order valence-electron chi connectivity index (χ3n) is 5.13. The largest absolute Gasteiger partial charge is 0.316 e. The Morgan fingerprint density at radius 1 is 1.18 bits per heavy atom. The molecular formula is C21H20ClFN2O2S. The summed E-state index contributed by atoms with van der Waals surface area (Å²) in [4.78, 5) is -0.0329. The van der Waals surface area contributed by atoms with Gasteiger partial charge in [0.25, 0.3) is 10.0 Å². The lowest BCUT2D eigenvalue weighted by atomic mass is 10.0. The van der Waals surface area contributed by atoms with E-state index in [0.717, 1.165) is 47.6 Å². The molecule has 0 radical (unpaired) electrons. The Labute approximate surface area is 169 Å². The summed E-state index contributed by atoms with van der Waals surface area (Å²) in [6.45, 7) is 0.567. The van der Waals surface area contributed by atoms with Crippen LogP contribution in [-0.4, -0.2) is 19.4 Å². The molecule has 0 atom stereocenters. The van der Waals surface area contributed by atoms with Crippen molar-refractivity contribution in [3.8, 4) is 11.3 Å². The topological polar surface area (TPSA) is 51.1 Å². The van der Waals surface area contributed by atoms with E-state index in [4.69, 9.17) is 11.6 Å². The van der Waals surface area contributed by atoms with Crippen molar-refractivity contribution in [2.24, 2.45) is 0 Å². The first-order valence-electron chi connectivity index (χ1n) is 9.10. The molecule has 4 rings (SSSR count). The van der Waals surface area contributed by atoms with Crippen molar-refractivity contribution in [2.45, 2.75) is 30.7 Å². The summed E-state index contributed by atoms with van der Waals surface area (Å²) in [6.07, 6.45) is 4.32. The lowest BCUT2D eigenvalue weighted by Crippen LogP contribution is -2.14. The van der Waals surface area contributed by atoms with E-state index < -0.39 is 15.8 Å². The van der Waals surface area contributed by atoms with Crippen molar-refractivity contribution in [2.75, 3.05) is 7.05 Å². The Bertz CT molecular complexity index is 1160. The molecular weight excluding hydrogens is 399 g/mol. The van der Waals surface area contributed by atoms with Gasteiger partial charge in [-0.25, -0.2) is 16.8 Å². The summed E-state index contributed by atoms with van der Waals surface area (Å²) < 4.78 is 41.9. The van der Waals surface area contributed by atoms with Crippen molar-refractivity contribution >= 4 is 21.6 Å². The fourth-order valence-corrected chi connectivity index (χ4v) is 5.53.